The number of hydrogen-bond acceptors (Lipinski definition) is 3. The Morgan fingerprint density at radius 1 is 1.47 bits per heavy atom. The first-order chi connectivity index (χ1) is 8.28. The molecule has 4 heteroatoms. The summed E-state index contributed by atoms with van der Waals surface area (Å²) in [5.74, 6) is 0.789. The third kappa shape index (κ3) is 4.54. The molecule has 1 saturated carbocycles. The summed E-state index contributed by atoms with van der Waals surface area (Å²) in [4.78, 5) is 0. The van der Waals surface area contributed by atoms with E-state index in [2.05, 4.69) is 5.32 Å². The fourth-order valence-electron chi connectivity index (χ4n) is 1.64. The van der Waals surface area contributed by atoms with E-state index in [1.807, 2.05) is 24.3 Å². The van der Waals surface area contributed by atoms with Crippen LogP contribution in [-0.4, -0.2) is 32.4 Å². The number of hydrogen-bond donors (Lipinski definition) is 1. The zero-order valence-electron chi connectivity index (χ0n) is 9.99. The summed E-state index contributed by atoms with van der Waals surface area (Å²) in [6, 6.07) is 8.13. The van der Waals surface area contributed by atoms with Gasteiger partial charge >= 0.3 is 0 Å². The summed E-state index contributed by atoms with van der Waals surface area (Å²) < 4.78 is 11.0. The predicted molar refractivity (Wildman–Crippen MR) is 68.8 cm³/mol. The molecule has 1 aromatic carbocycles. The second kappa shape index (κ2) is 6.24. The van der Waals surface area contributed by atoms with E-state index in [0.717, 1.165) is 12.3 Å². The molecule has 1 N–H and O–H groups in total. The van der Waals surface area contributed by atoms with E-state index in [9.17, 15) is 0 Å². The highest BCUT2D eigenvalue weighted by Gasteiger charge is 2.22. The van der Waals surface area contributed by atoms with Gasteiger partial charge in [0, 0.05) is 24.7 Å². The lowest BCUT2D eigenvalue weighted by atomic mass is 10.3. The second-order valence-corrected chi connectivity index (χ2v) is 4.77. The first-order valence-corrected chi connectivity index (χ1v) is 6.30. The van der Waals surface area contributed by atoms with Crippen molar-refractivity contribution in [3.63, 3.8) is 0 Å². The Kier molecular flexibility index (Phi) is 4.66. The molecule has 1 unspecified atom stereocenters. The molecule has 1 atom stereocenters. The zero-order chi connectivity index (χ0) is 12.1. The van der Waals surface area contributed by atoms with Gasteiger partial charge in [0.2, 0.25) is 0 Å². The van der Waals surface area contributed by atoms with Crippen LogP contribution in [0.2, 0.25) is 5.02 Å². The van der Waals surface area contributed by atoms with Gasteiger partial charge in [0.1, 0.15) is 11.9 Å². The molecule has 0 bridgehead atoms. The van der Waals surface area contributed by atoms with E-state index in [-0.39, 0.29) is 6.10 Å². The first kappa shape index (κ1) is 12.7. The summed E-state index contributed by atoms with van der Waals surface area (Å²) in [5.41, 5.74) is 0. The van der Waals surface area contributed by atoms with E-state index < -0.39 is 0 Å². The van der Waals surface area contributed by atoms with Crippen molar-refractivity contribution in [2.24, 2.45) is 0 Å². The van der Waals surface area contributed by atoms with Crippen LogP contribution in [0.1, 0.15) is 12.8 Å². The molecule has 2 rings (SSSR count). The quantitative estimate of drug-likeness (QED) is 0.812. The summed E-state index contributed by atoms with van der Waals surface area (Å²) in [6.45, 7) is 1.39. The topological polar surface area (TPSA) is 30.5 Å². The van der Waals surface area contributed by atoms with Crippen molar-refractivity contribution in [2.75, 3.05) is 20.3 Å². The van der Waals surface area contributed by atoms with Crippen molar-refractivity contribution in [3.05, 3.63) is 29.3 Å². The molecular weight excluding hydrogens is 238 g/mol. The molecule has 0 saturated heterocycles. The molecule has 0 aliphatic heterocycles. The van der Waals surface area contributed by atoms with Crippen molar-refractivity contribution >= 4 is 11.6 Å². The van der Waals surface area contributed by atoms with E-state index in [0.29, 0.717) is 17.7 Å². The lowest BCUT2D eigenvalue weighted by molar-refractivity contribution is 0.0804. The molecule has 0 spiro atoms. The van der Waals surface area contributed by atoms with Crippen LogP contribution in [0.3, 0.4) is 0 Å². The van der Waals surface area contributed by atoms with Gasteiger partial charge in [-0.3, -0.25) is 0 Å². The molecule has 17 heavy (non-hydrogen) atoms. The average molecular weight is 256 g/mol. The van der Waals surface area contributed by atoms with Gasteiger partial charge in [0.05, 0.1) is 6.61 Å². The van der Waals surface area contributed by atoms with Crippen molar-refractivity contribution in [1.82, 2.24) is 5.32 Å². The van der Waals surface area contributed by atoms with Gasteiger partial charge in [-0.05, 0) is 31.0 Å². The highest BCUT2D eigenvalue weighted by Crippen LogP contribution is 2.20. The van der Waals surface area contributed by atoms with Crippen LogP contribution in [-0.2, 0) is 4.74 Å². The SMILES string of the molecule is COCC(CNC1CC1)Oc1cccc(Cl)c1. The number of rotatable bonds is 7. The Balaban J connectivity index is 1.86. The second-order valence-electron chi connectivity index (χ2n) is 4.34. The maximum absolute atomic E-state index is 5.92. The average Bonchev–Trinajstić information content (AvgIpc) is 3.10. The van der Waals surface area contributed by atoms with E-state index in [1.165, 1.54) is 12.8 Å². The largest absolute Gasteiger partial charge is 0.487 e. The third-order valence-corrected chi connectivity index (χ3v) is 2.90. The normalized spacial score (nSPS) is 16.8. The third-order valence-electron chi connectivity index (χ3n) is 2.66. The standard InChI is InChI=1S/C13H18ClNO2/c1-16-9-13(8-15-11-5-6-11)17-12-4-2-3-10(14)7-12/h2-4,7,11,13,15H,5-6,8-9H2,1H3. The van der Waals surface area contributed by atoms with Crippen molar-refractivity contribution in [2.45, 2.75) is 25.0 Å². The summed E-state index contributed by atoms with van der Waals surface area (Å²) >= 11 is 5.92. The fraction of sp³-hybridized carbons (Fsp3) is 0.538. The summed E-state index contributed by atoms with van der Waals surface area (Å²) in [6.07, 6.45) is 2.58. The molecule has 94 valence electrons. The molecule has 0 radical (unpaired) electrons. The van der Waals surface area contributed by atoms with Gasteiger partial charge in [-0.2, -0.15) is 0 Å². The Hall–Kier alpha value is -0.770. The van der Waals surface area contributed by atoms with Crippen LogP contribution in [0.5, 0.6) is 5.75 Å². The highest BCUT2D eigenvalue weighted by molar-refractivity contribution is 6.30. The first-order valence-electron chi connectivity index (χ1n) is 5.92. The number of methoxy groups -OCH3 is 1. The van der Waals surface area contributed by atoms with Gasteiger partial charge in [-0.1, -0.05) is 17.7 Å². The minimum atomic E-state index is 0.0269. The molecule has 0 heterocycles. The van der Waals surface area contributed by atoms with Gasteiger partial charge < -0.3 is 14.8 Å². The fourth-order valence-corrected chi connectivity index (χ4v) is 1.82. The van der Waals surface area contributed by atoms with Crippen LogP contribution in [0.25, 0.3) is 0 Å². The predicted octanol–water partition coefficient (Wildman–Crippen LogP) is 2.49. The number of halogens is 1. The zero-order valence-corrected chi connectivity index (χ0v) is 10.7. The Morgan fingerprint density at radius 2 is 2.29 bits per heavy atom. The van der Waals surface area contributed by atoms with Gasteiger partial charge in [0.15, 0.2) is 0 Å². The highest BCUT2D eigenvalue weighted by atomic mass is 35.5. The van der Waals surface area contributed by atoms with E-state index in [1.54, 1.807) is 7.11 Å². The smallest absolute Gasteiger partial charge is 0.134 e. The van der Waals surface area contributed by atoms with Gasteiger partial charge in [0.25, 0.3) is 0 Å². The van der Waals surface area contributed by atoms with Crippen LogP contribution < -0.4 is 10.1 Å². The molecule has 1 aliphatic carbocycles. The number of nitrogens with one attached hydrogen (secondary N) is 1. The minimum Gasteiger partial charge on any atom is -0.487 e. The van der Waals surface area contributed by atoms with Crippen LogP contribution in [0, 0.1) is 0 Å². The molecule has 1 aliphatic rings. The van der Waals surface area contributed by atoms with Gasteiger partial charge in [-0.15, -0.1) is 0 Å². The van der Waals surface area contributed by atoms with Crippen LogP contribution >= 0.6 is 11.6 Å². The summed E-state index contributed by atoms with van der Waals surface area (Å²) in [5, 5.41) is 4.13. The molecule has 1 aromatic rings. The van der Waals surface area contributed by atoms with Crippen molar-refractivity contribution < 1.29 is 9.47 Å². The Bertz CT molecular complexity index is 355. The van der Waals surface area contributed by atoms with Gasteiger partial charge in [-0.25, -0.2) is 0 Å². The Labute approximate surface area is 107 Å². The maximum Gasteiger partial charge on any atom is 0.134 e. The lowest BCUT2D eigenvalue weighted by Gasteiger charge is -2.19. The monoisotopic (exact) mass is 255 g/mol. The Morgan fingerprint density at radius 3 is 2.94 bits per heavy atom. The molecular formula is C13H18ClNO2. The molecule has 1 fully saturated rings. The van der Waals surface area contributed by atoms with Crippen LogP contribution in [0.4, 0.5) is 0 Å². The minimum absolute atomic E-state index is 0.0269. The van der Waals surface area contributed by atoms with E-state index in [4.69, 9.17) is 21.1 Å². The van der Waals surface area contributed by atoms with Crippen molar-refractivity contribution in [1.29, 1.82) is 0 Å². The molecule has 3 nitrogen and oxygen atoms in total. The summed E-state index contributed by atoms with van der Waals surface area (Å²) in [7, 11) is 1.69. The van der Waals surface area contributed by atoms with Crippen molar-refractivity contribution in [3.8, 4) is 5.75 Å². The number of ether oxygens (including phenoxy) is 2. The van der Waals surface area contributed by atoms with Crippen LogP contribution in [0.15, 0.2) is 24.3 Å². The molecule has 0 amide bonds. The lowest BCUT2D eigenvalue weighted by Crippen LogP contribution is -2.35. The number of benzene rings is 1. The van der Waals surface area contributed by atoms with E-state index >= 15 is 0 Å². The molecule has 0 aromatic heterocycles. The maximum atomic E-state index is 5.92.